The summed E-state index contributed by atoms with van der Waals surface area (Å²) in [5, 5.41) is 20.8. The number of anilines is 1. The number of benzene rings is 2. The van der Waals surface area contributed by atoms with Crippen LogP contribution in [0.5, 0.6) is 11.5 Å². The highest BCUT2D eigenvalue weighted by Crippen LogP contribution is 2.29. The van der Waals surface area contributed by atoms with Crippen molar-refractivity contribution in [3.63, 3.8) is 0 Å². The fraction of sp³-hybridized carbons (Fsp3) is 0.190. The van der Waals surface area contributed by atoms with Crippen molar-refractivity contribution < 1.29 is 14.3 Å². The maximum Gasteiger partial charge on any atom is 0.266 e. The highest BCUT2D eigenvalue weighted by molar-refractivity contribution is 6.10. The average molecular weight is 361 g/mol. The molecule has 1 N–H and O–H groups in total. The number of carbonyl (C=O) groups is 1. The largest absolute Gasteiger partial charge is 0.490 e. The number of hydrogen-bond donors (Lipinski definition) is 1. The predicted octanol–water partition coefficient (Wildman–Crippen LogP) is 3.84. The molecule has 0 radical (unpaired) electrons. The van der Waals surface area contributed by atoms with Crippen LogP contribution in [-0.2, 0) is 4.79 Å². The van der Waals surface area contributed by atoms with Crippen LogP contribution in [0.2, 0.25) is 0 Å². The highest BCUT2D eigenvalue weighted by Gasteiger charge is 2.12. The van der Waals surface area contributed by atoms with E-state index >= 15 is 0 Å². The monoisotopic (exact) mass is 361 g/mol. The molecule has 2 aromatic rings. The number of hydrogen-bond acceptors (Lipinski definition) is 5. The minimum Gasteiger partial charge on any atom is -0.490 e. The molecule has 0 unspecified atom stereocenters. The molecule has 0 saturated heterocycles. The molecule has 1 amide bonds. The minimum absolute atomic E-state index is 0.0357. The third-order valence-electron chi connectivity index (χ3n) is 3.63. The third kappa shape index (κ3) is 5.35. The van der Waals surface area contributed by atoms with E-state index in [9.17, 15) is 10.1 Å². The van der Waals surface area contributed by atoms with Gasteiger partial charge < -0.3 is 14.8 Å². The molecule has 0 aliphatic carbocycles. The van der Waals surface area contributed by atoms with Crippen molar-refractivity contribution in [1.82, 2.24) is 0 Å². The molecule has 0 heterocycles. The molecule has 6 nitrogen and oxygen atoms in total. The number of aryl methyl sites for hydroxylation is 1. The van der Waals surface area contributed by atoms with E-state index in [0.717, 1.165) is 5.56 Å². The topological polar surface area (TPSA) is 95.1 Å². The van der Waals surface area contributed by atoms with Crippen LogP contribution in [0.25, 0.3) is 6.08 Å². The van der Waals surface area contributed by atoms with Gasteiger partial charge in [-0.15, -0.1) is 0 Å². The van der Waals surface area contributed by atoms with Gasteiger partial charge in [0.25, 0.3) is 5.91 Å². The molecule has 0 atom stereocenters. The molecule has 27 heavy (non-hydrogen) atoms. The fourth-order valence-electron chi connectivity index (χ4n) is 2.33. The lowest BCUT2D eigenvalue weighted by Gasteiger charge is -2.11. The van der Waals surface area contributed by atoms with Crippen LogP contribution in [0.1, 0.15) is 18.1 Å². The number of nitriles is 2. The molecule has 0 saturated carbocycles. The van der Waals surface area contributed by atoms with Crippen molar-refractivity contribution in [1.29, 1.82) is 10.5 Å². The van der Waals surface area contributed by atoms with Gasteiger partial charge in [0.15, 0.2) is 18.1 Å². The molecule has 0 aliphatic rings. The Balaban J connectivity index is 2.27. The molecule has 2 aromatic carbocycles. The summed E-state index contributed by atoms with van der Waals surface area (Å²) in [4.78, 5) is 12.4. The Kier molecular flexibility index (Phi) is 6.99. The number of ether oxygens (including phenoxy) is 2. The lowest BCUT2D eigenvalue weighted by atomic mass is 10.1. The number of rotatable bonds is 7. The van der Waals surface area contributed by atoms with Crippen LogP contribution in [0, 0.1) is 29.6 Å². The van der Waals surface area contributed by atoms with Crippen LogP contribution in [0.4, 0.5) is 5.69 Å². The van der Waals surface area contributed by atoms with E-state index in [2.05, 4.69) is 5.32 Å². The Morgan fingerprint density at radius 2 is 1.93 bits per heavy atom. The van der Waals surface area contributed by atoms with Gasteiger partial charge in [0.1, 0.15) is 17.7 Å². The zero-order valence-electron chi connectivity index (χ0n) is 15.2. The van der Waals surface area contributed by atoms with Gasteiger partial charge >= 0.3 is 0 Å². The maximum absolute atomic E-state index is 12.4. The SMILES string of the molecule is CCOc1cc(/C=C(/C#N)C(=O)Nc2ccccc2C)ccc1OCC#N. The fourth-order valence-corrected chi connectivity index (χ4v) is 2.33. The van der Waals surface area contributed by atoms with Crippen molar-refractivity contribution in [2.45, 2.75) is 13.8 Å². The molecular formula is C21H19N3O3. The summed E-state index contributed by atoms with van der Waals surface area (Å²) < 4.78 is 10.8. The summed E-state index contributed by atoms with van der Waals surface area (Å²) in [6.45, 7) is 4.01. The third-order valence-corrected chi connectivity index (χ3v) is 3.63. The molecule has 0 spiro atoms. The summed E-state index contributed by atoms with van der Waals surface area (Å²) in [7, 11) is 0. The van der Waals surface area contributed by atoms with E-state index in [1.807, 2.05) is 44.2 Å². The van der Waals surface area contributed by atoms with E-state index in [0.29, 0.717) is 29.4 Å². The van der Waals surface area contributed by atoms with Gasteiger partial charge in [0, 0.05) is 5.69 Å². The van der Waals surface area contributed by atoms with Crippen molar-refractivity contribution in [3.8, 4) is 23.6 Å². The van der Waals surface area contributed by atoms with Crippen LogP contribution in [0.3, 0.4) is 0 Å². The van der Waals surface area contributed by atoms with E-state index < -0.39 is 5.91 Å². The Hall–Kier alpha value is -3.77. The van der Waals surface area contributed by atoms with Gasteiger partial charge in [0.2, 0.25) is 0 Å². The molecule has 2 rings (SSSR count). The van der Waals surface area contributed by atoms with Crippen molar-refractivity contribution >= 4 is 17.7 Å². The average Bonchev–Trinajstić information content (AvgIpc) is 2.67. The Morgan fingerprint density at radius 3 is 2.59 bits per heavy atom. The number of para-hydroxylation sites is 1. The number of nitrogens with zero attached hydrogens (tertiary/aromatic N) is 2. The highest BCUT2D eigenvalue weighted by atomic mass is 16.5. The molecule has 0 aliphatic heterocycles. The minimum atomic E-state index is -0.491. The van der Waals surface area contributed by atoms with Crippen molar-refractivity contribution in [2.24, 2.45) is 0 Å². The Bertz CT molecular complexity index is 936. The first-order chi connectivity index (χ1) is 13.1. The second-order valence-corrected chi connectivity index (χ2v) is 5.52. The zero-order chi connectivity index (χ0) is 19.6. The number of amides is 1. The second-order valence-electron chi connectivity index (χ2n) is 5.52. The van der Waals surface area contributed by atoms with Crippen LogP contribution < -0.4 is 14.8 Å². The summed E-state index contributed by atoms with van der Waals surface area (Å²) >= 11 is 0. The normalized spacial score (nSPS) is 10.4. The second kappa shape index (κ2) is 9.65. The van der Waals surface area contributed by atoms with Crippen molar-refractivity contribution in [3.05, 3.63) is 59.2 Å². The predicted molar refractivity (Wildman–Crippen MR) is 102 cm³/mol. The molecule has 6 heteroatoms. The van der Waals surface area contributed by atoms with Gasteiger partial charge in [-0.1, -0.05) is 24.3 Å². The summed E-state index contributed by atoms with van der Waals surface area (Å²) in [5.74, 6) is 0.381. The van der Waals surface area contributed by atoms with Crippen molar-refractivity contribution in [2.75, 3.05) is 18.5 Å². The molecule has 0 fully saturated rings. The summed E-state index contributed by atoms with van der Waals surface area (Å²) in [5.41, 5.74) is 2.13. The Labute approximate surface area is 158 Å². The van der Waals surface area contributed by atoms with Crippen LogP contribution in [-0.4, -0.2) is 19.1 Å². The van der Waals surface area contributed by atoms with E-state index in [4.69, 9.17) is 14.7 Å². The standard InChI is InChI=1S/C21H19N3O3/c1-3-26-20-13-16(8-9-19(20)27-11-10-22)12-17(14-23)21(25)24-18-7-5-4-6-15(18)2/h4-9,12-13H,3,11H2,1-2H3,(H,24,25)/b17-12-. The summed E-state index contributed by atoms with van der Waals surface area (Å²) in [6.07, 6.45) is 1.48. The van der Waals surface area contributed by atoms with E-state index in [1.54, 1.807) is 24.3 Å². The molecular weight excluding hydrogens is 342 g/mol. The van der Waals surface area contributed by atoms with Crippen LogP contribution >= 0.6 is 0 Å². The maximum atomic E-state index is 12.4. The van der Waals surface area contributed by atoms with Gasteiger partial charge in [-0.3, -0.25) is 4.79 Å². The first-order valence-corrected chi connectivity index (χ1v) is 8.34. The quantitative estimate of drug-likeness (QED) is 0.597. The molecule has 136 valence electrons. The molecule has 0 bridgehead atoms. The summed E-state index contributed by atoms with van der Waals surface area (Å²) in [6, 6.07) is 16.1. The zero-order valence-corrected chi connectivity index (χ0v) is 15.2. The van der Waals surface area contributed by atoms with Gasteiger partial charge in [-0.2, -0.15) is 10.5 Å². The lowest BCUT2D eigenvalue weighted by Crippen LogP contribution is -2.14. The smallest absolute Gasteiger partial charge is 0.266 e. The molecule has 0 aromatic heterocycles. The van der Waals surface area contributed by atoms with E-state index in [-0.39, 0.29) is 12.2 Å². The van der Waals surface area contributed by atoms with Crippen LogP contribution in [0.15, 0.2) is 48.0 Å². The van der Waals surface area contributed by atoms with Gasteiger partial charge in [-0.25, -0.2) is 0 Å². The lowest BCUT2D eigenvalue weighted by molar-refractivity contribution is -0.112. The first-order valence-electron chi connectivity index (χ1n) is 8.34. The Morgan fingerprint density at radius 1 is 1.15 bits per heavy atom. The number of nitrogens with one attached hydrogen (secondary N) is 1. The van der Waals surface area contributed by atoms with Gasteiger partial charge in [-0.05, 0) is 49.2 Å². The first kappa shape index (κ1) is 19.6. The number of carbonyl (C=O) groups excluding carboxylic acids is 1. The van der Waals surface area contributed by atoms with E-state index in [1.165, 1.54) is 6.08 Å². The van der Waals surface area contributed by atoms with Gasteiger partial charge in [0.05, 0.1) is 6.61 Å².